The van der Waals surface area contributed by atoms with Crippen molar-refractivity contribution < 1.29 is 28.7 Å². The summed E-state index contributed by atoms with van der Waals surface area (Å²) in [7, 11) is 0. The zero-order valence-corrected chi connectivity index (χ0v) is 12.8. The molecule has 0 fully saturated rings. The first-order chi connectivity index (χ1) is 10.5. The first-order valence-electron chi connectivity index (χ1n) is 7.04. The van der Waals surface area contributed by atoms with Crippen LogP contribution in [-0.4, -0.2) is 50.1 Å². The Bertz CT molecular complexity index is 382. The van der Waals surface area contributed by atoms with E-state index in [1.54, 1.807) is 13.8 Å². The summed E-state index contributed by atoms with van der Waals surface area (Å²) in [4.78, 5) is 44.3. The van der Waals surface area contributed by atoms with Gasteiger partial charge in [0, 0.05) is 25.0 Å². The molecule has 0 saturated heterocycles. The molecule has 8 heteroatoms. The molecule has 0 bridgehead atoms. The number of carbonyl (C=O) groups is 4. The van der Waals surface area contributed by atoms with E-state index in [-0.39, 0.29) is 38.1 Å². The van der Waals surface area contributed by atoms with Crippen molar-refractivity contribution in [3.8, 4) is 0 Å². The largest absolute Gasteiger partial charge is 0.461 e. The highest BCUT2D eigenvalue weighted by molar-refractivity contribution is 5.91. The lowest BCUT2D eigenvalue weighted by Crippen LogP contribution is -2.27. The molecule has 0 aromatic heterocycles. The van der Waals surface area contributed by atoms with Crippen LogP contribution in [0.3, 0.4) is 0 Å². The number of hydrogen-bond acceptors (Lipinski definition) is 6. The second-order valence-electron chi connectivity index (χ2n) is 4.08. The monoisotopic (exact) mass is 314 g/mol. The highest BCUT2D eigenvalue weighted by Gasteiger charge is 2.02. The molecular weight excluding hydrogens is 292 g/mol. The first-order valence-corrected chi connectivity index (χ1v) is 7.04. The number of hydrogen-bond donors (Lipinski definition) is 2. The molecule has 2 N–H and O–H groups in total. The molecule has 8 nitrogen and oxygen atoms in total. The van der Waals surface area contributed by atoms with E-state index in [0.717, 1.165) is 12.2 Å². The quantitative estimate of drug-likeness (QED) is 0.325. The van der Waals surface area contributed by atoms with Crippen LogP contribution in [0.4, 0.5) is 0 Å². The topological polar surface area (TPSA) is 111 Å². The van der Waals surface area contributed by atoms with Crippen molar-refractivity contribution in [2.75, 3.05) is 26.3 Å². The summed E-state index contributed by atoms with van der Waals surface area (Å²) in [5.74, 6) is -1.68. The summed E-state index contributed by atoms with van der Waals surface area (Å²) >= 11 is 0. The van der Waals surface area contributed by atoms with Crippen LogP contribution in [0.5, 0.6) is 0 Å². The van der Waals surface area contributed by atoms with E-state index >= 15 is 0 Å². The Morgan fingerprint density at radius 3 is 1.45 bits per heavy atom. The lowest BCUT2D eigenvalue weighted by molar-refractivity contribution is -0.140. The average Bonchev–Trinajstić information content (AvgIpc) is 2.52. The summed E-state index contributed by atoms with van der Waals surface area (Å²) in [6.45, 7) is 3.90. The zero-order chi connectivity index (χ0) is 16.8. The van der Waals surface area contributed by atoms with Crippen molar-refractivity contribution in [3.05, 3.63) is 12.2 Å². The second kappa shape index (κ2) is 12.4. The fourth-order valence-corrected chi connectivity index (χ4v) is 1.17. The lowest BCUT2D eigenvalue weighted by atomic mass is 10.4. The molecule has 2 amide bonds. The standard InChI is InChI=1S/C14H22N2O6/c1-3-11(17)15-7-9-21-13(19)5-6-14(20)22-10-8-16-12(18)4-2/h5-6H,3-4,7-10H2,1-2H3,(H,15,17)(H,16,18)/b6-5+. The molecule has 0 heterocycles. The Morgan fingerprint density at radius 2 is 1.14 bits per heavy atom. The van der Waals surface area contributed by atoms with Gasteiger partial charge in [-0.2, -0.15) is 0 Å². The number of amides is 2. The predicted molar refractivity (Wildman–Crippen MR) is 77.7 cm³/mol. The van der Waals surface area contributed by atoms with Crippen molar-refractivity contribution in [3.63, 3.8) is 0 Å². The summed E-state index contributed by atoms with van der Waals surface area (Å²) in [6.07, 6.45) is 2.60. The molecule has 22 heavy (non-hydrogen) atoms. The van der Waals surface area contributed by atoms with Crippen molar-refractivity contribution in [1.82, 2.24) is 10.6 Å². The summed E-state index contributed by atoms with van der Waals surface area (Å²) in [5.41, 5.74) is 0. The van der Waals surface area contributed by atoms with Gasteiger partial charge in [-0.15, -0.1) is 0 Å². The van der Waals surface area contributed by atoms with Gasteiger partial charge in [-0.25, -0.2) is 9.59 Å². The van der Waals surface area contributed by atoms with Gasteiger partial charge in [-0.05, 0) is 0 Å². The maximum absolute atomic E-state index is 11.2. The molecule has 0 aliphatic rings. The number of carbonyl (C=O) groups excluding carboxylic acids is 4. The Balaban J connectivity index is 3.71. The van der Waals surface area contributed by atoms with E-state index in [9.17, 15) is 19.2 Å². The van der Waals surface area contributed by atoms with Crippen LogP contribution in [0.2, 0.25) is 0 Å². The van der Waals surface area contributed by atoms with Crippen LogP contribution in [0.15, 0.2) is 12.2 Å². The Labute approximate surface area is 129 Å². The third kappa shape index (κ3) is 11.4. The van der Waals surface area contributed by atoms with Crippen LogP contribution >= 0.6 is 0 Å². The Morgan fingerprint density at radius 1 is 0.773 bits per heavy atom. The molecule has 0 spiro atoms. The van der Waals surface area contributed by atoms with E-state index in [2.05, 4.69) is 10.6 Å². The van der Waals surface area contributed by atoms with Crippen LogP contribution in [-0.2, 0) is 28.7 Å². The normalized spacial score (nSPS) is 10.1. The molecule has 0 saturated carbocycles. The highest BCUT2D eigenvalue weighted by atomic mass is 16.5. The number of esters is 2. The number of ether oxygens (including phenoxy) is 2. The van der Waals surface area contributed by atoms with Gasteiger partial charge < -0.3 is 20.1 Å². The summed E-state index contributed by atoms with van der Waals surface area (Å²) in [6, 6.07) is 0. The van der Waals surface area contributed by atoms with E-state index < -0.39 is 11.9 Å². The van der Waals surface area contributed by atoms with Crippen molar-refractivity contribution in [2.45, 2.75) is 26.7 Å². The second-order valence-corrected chi connectivity index (χ2v) is 4.08. The third-order valence-corrected chi connectivity index (χ3v) is 2.33. The minimum Gasteiger partial charge on any atom is -0.461 e. The predicted octanol–water partition coefficient (Wildman–Crippen LogP) is -0.319. The SMILES string of the molecule is CCC(=O)NCCOC(=O)/C=C/C(=O)OCCNC(=O)CC. The van der Waals surface area contributed by atoms with Gasteiger partial charge in [-0.3, -0.25) is 9.59 Å². The third-order valence-electron chi connectivity index (χ3n) is 2.33. The van der Waals surface area contributed by atoms with Gasteiger partial charge in [0.1, 0.15) is 13.2 Å². The van der Waals surface area contributed by atoms with Gasteiger partial charge in [0.25, 0.3) is 0 Å². The first kappa shape index (κ1) is 19.6. The zero-order valence-electron chi connectivity index (χ0n) is 12.8. The minimum absolute atomic E-state index is 0.0208. The van der Waals surface area contributed by atoms with E-state index in [4.69, 9.17) is 9.47 Å². The highest BCUT2D eigenvalue weighted by Crippen LogP contribution is 1.86. The van der Waals surface area contributed by atoms with Crippen LogP contribution < -0.4 is 10.6 Å². The molecule has 0 aromatic carbocycles. The fourth-order valence-electron chi connectivity index (χ4n) is 1.17. The molecule has 0 aliphatic heterocycles. The lowest BCUT2D eigenvalue weighted by Gasteiger charge is -2.04. The Kier molecular flexibility index (Phi) is 11.0. The van der Waals surface area contributed by atoms with Gasteiger partial charge in [0.2, 0.25) is 11.8 Å². The van der Waals surface area contributed by atoms with E-state index in [1.807, 2.05) is 0 Å². The molecule has 124 valence electrons. The molecule has 0 aliphatic carbocycles. The maximum atomic E-state index is 11.2. The van der Waals surface area contributed by atoms with Crippen LogP contribution in [0.25, 0.3) is 0 Å². The van der Waals surface area contributed by atoms with E-state index in [0.29, 0.717) is 12.8 Å². The summed E-state index contributed by atoms with van der Waals surface area (Å²) < 4.78 is 9.51. The maximum Gasteiger partial charge on any atom is 0.331 e. The number of nitrogens with one attached hydrogen (secondary N) is 2. The van der Waals surface area contributed by atoms with Crippen molar-refractivity contribution in [2.24, 2.45) is 0 Å². The van der Waals surface area contributed by atoms with Gasteiger partial charge in [0.05, 0.1) is 13.1 Å². The van der Waals surface area contributed by atoms with Crippen molar-refractivity contribution in [1.29, 1.82) is 0 Å². The van der Waals surface area contributed by atoms with Gasteiger partial charge >= 0.3 is 11.9 Å². The van der Waals surface area contributed by atoms with Gasteiger partial charge in [-0.1, -0.05) is 13.8 Å². The van der Waals surface area contributed by atoms with Crippen LogP contribution in [0.1, 0.15) is 26.7 Å². The molecule has 0 unspecified atom stereocenters. The minimum atomic E-state index is -0.706. The fraction of sp³-hybridized carbons (Fsp3) is 0.571. The molecular formula is C14H22N2O6. The van der Waals surface area contributed by atoms with Crippen molar-refractivity contribution >= 4 is 23.8 Å². The molecule has 0 aromatic rings. The summed E-state index contributed by atoms with van der Waals surface area (Å²) in [5, 5.41) is 5.07. The van der Waals surface area contributed by atoms with Crippen LogP contribution in [0, 0.1) is 0 Å². The Hall–Kier alpha value is -2.38. The van der Waals surface area contributed by atoms with Gasteiger partial charge in [0.15, 0.2) is 0 Å². The van der Waals surface area contributed by atoms with E-state index in [1.165, 1.54) is 0 Å². The smallest absolute Gasteiger partial charge is 0.331 e. The molecule has 0 atom stereocenters. The number of rotatable bonds is 10. The molecule has 0 radical (unpaired) electrons. The molecule has 0 rings (SSSR count). The average molecular weight is 314 g/mol.